The van der Waals surface area contributed by atoms with Gasteiger partial charge in [0.1, 0.15) is 0 Å². The first-order valence-corrected chi connectivity index (χ1v) is 5.53. The number of nitrogens with two attached hydrogens (primary N) is 1. The summed E-state index contributed by atoms with van der Waals surface area (Å²) < 4.78 is 42.5. The van der Waals surface area contributed by atoms with E-state index in [4.69, 9.17) is 10.5 Å². The van der Waals surface area contributed by atoms with Gasteiger partial charge in [-0.15, -0.1) is 12.4 Å². The van der Waals surface area contributed by atoms with Crippen LogP contribution in [-0.2, 0) is 9.53 Å². The van der Waals surface area contributed by atoms with Crippen LogP contribution in [0.25, 0.3) is 0 Å². The molecule has 1 amide bonds. The third-order valence-electron chi connectivity index (χ3n) is 3.13. The summed E-state index contributed by atoms with van der Waals surface area (Å²) >= 11 is 0. The molecule has 9 heteroatoms. The third-order valence-corrected chi connectivity index (χ3v) is 3.13. The maximum absolute atomic E-state index is 12.5. The molecular weight excluding hydrogens is 289 g/mol. The predicted octanol–water partition coefficient (Wildman–Crippen LogP) is 0.298. The van der Waals surface area contributed by atoms with Crippen LogP contribution < -0.4 is 5.73 Å². The van der Waals surface area contributed by atoms with Crippen LogP contribution in [0, 0.1) is 0 Å². The number of hydrogen-bond acceptors (Lipinski definition) is 4. The molecule has 0 saturated carbocycles. The van der Waals surface area contributed by atoms with Gasteiger partial charge in [-0.25, -0.2) is 0 Å². The molecule has 1 rings (SSSR count). The Balaban J connectivity index is 0.00000324. The summed E-state index contributed by atoms with van der Waals surface area (Å²) in [5, 5.41) is 9.42. The standard InChI is InChI=1S/C10H17F3N2O3.ClH/c1-18-7(5-14)4-8(16)15-3-2-9(17,6-15)10(11,12)13;/h7,17H,2-6,14H2,1H3;1H. The van der Waals surface area contributed by atoms with Gasteiger partial charge < -0.3 is 20.5 Å². The van der Waals surface area contributed by atoms with E-state index in [0.29, 0.717) is 0 Å². The molecule has 1 fully saturated rings. The Hall–Kier alpha value is -0.570. The highest BCUT2D eigenvalue weighted by atomic mass is 35.5. The van der Waals surface area contributed by atoms with Gasteiger partial charge in [0.05, 0.1) is 19.1 Å². The summed E-state index contributed by atoms with van der Waals surface area (Å²) in [6, 6.07) is 0. The fourth-order valence-corrected chi connectivity index (χ4v) is 1.82. The Morgan fingerprint density at radius 2 is 2.16 bits per heavy atom. The number of carbonyl (C=O) groups excluding carboxylic acids is 1. The van der Waals surface area contributed by atoms with Gasteiger partial charge in [-0.1, -0.05) is 0 Å². The number of hydrogen-bond donors (Lipinski definition) is 2. The van der Waals surface area contributed by atoms with Crippen molar-refractivity contribution < 1.29 is 27.8 Å². The maximum Gasteiger partial charge on any atom is 0.419 e. The fraction of sp³-hybridized carbons (Fsp3) is 0.900. The molecule has 0 spiro atoms. The zero-order valence-electron chi connectivity index (χ0n) is 10.4. The minimum Gasteiger partial charge on any atom is -0.380 e. The number of nitrogens with zero attached hydrogens (tertiary/aromatic N) is 1. The smallest absolute Gasteiger partial charge is 0.380 e. The highest BCUT2D eigenvalue weighted by Gasteiger charge is 2.57. The van der Waals surface area contributed by atoms with Crippen LogP contribution in [0.3, 0.4) is 0 Å². The number of aliphatic hydroxyl groups is 1. The molecule has 2 atom stereocenters. The predicted molar refractivity (Wildman–Crippen MR) is 63.9 cm³/mol. The van der Waals surface area contributed by atoms with Gasteiger partial charge in [0.15, 0.2) is 5.60 Å². The quantitative estimate of drug-likeness (QED) is 0.783. The number of halogens is 4. The van der Waals surface area contributed by atoms with Gasteiger partial charge in [0, 0.05) is 26.6 Å². The zero-order chi connectivity index (χ0) is 14.0. The normalized spacial score (nSPS) is 25.1. The average molecular weight is 307 g/mol. The Morgan fingerprint density at radius 1 is 1.58 bits per heavy atom. The average Bonchev–Trinajstić information content (AvgIpc) is 2.69. The van der Waals surface area contributed by atoms with Crippen molar-refractivity contribution in [3.8, 4) is 0 Å². The van der Waals surface area contributed by atoms with Crippen molar-refractivity contribution >= 4 is 18.3 Å². The Labute approximate surface area is 115 Å². The lowest BCUT2D eigenvalue weighted by Crippen LogP contribution is -2.48. The maximum atomic E-state index is 12.5. The highest BCUT2D eigenvalue weighted by Crippen LogP contribution is 2.37. The molecule has 19 heavy (non-hydrogen) atoms. The molecule has 0 aromatic rings. The second-order valence-electron chi connectivity index (χ2n) is 4.39. The van der Waals surface area contributed by atoms with Crippen molar-refractivity contribution in [1.29, 1.82) is 0 Å². The molecule has 1 aliphatic rings. The molecule has 0 radical (unpaired) electrons. The van der Waals surface area contributed by atoms with Gasteiger partial charge in [-0.05, 0) is 0 Å². The van der Waals surface area contributed by atoms with Crippen molar-refractivity contribution in [3.05, 3.63) is 0 Å². The fourth-order valence-electron chi connectivity index (χ4n) is 1.82. The van der Waals surface area contributed by atoms with Crippen molar-refractivity contribution in [2.24, 2.45) is 5.73 Å². The van der Waals surface area contributed by atoms with E-state index in [2.05, 4.69) is 0 Å². The molecule has 1 heterocycles. The first kappa shape index (κ1) is 18.4. The largest absolute Gasteiger partial charge is 0.419 e. The van der Waals surface area contributed by atoms with Gasteiger partial charge in [-0.3, -0.25) is 4.79 Å². The molecule has 114 valence electrons. The van der Waals surface area contributed by atoms with Gasteiger partial charge >= 0.3 is 6.18 Å². The van der Waals surface area contributed by atoms with E-state index in [9.17, 15) is 23.1 Å². The number of likely N-dealkylation sites (tertiary alicyclic amines) is 1. The van der Waals surface area contributed by atoms with Crippen molar-refractivity contribution in [2.45, 2.75) is 30.7 Å². The molecule has 3 N–H and O–H groups in total. The van der Waals surface area contributed by atoms with Crippen LogP contribution in [0.4, 0.5) is 13.2 Å². The Morgan fingerprint density at radius 3 is 2.53 bits per heavy atom. The van der Waals surface area contributed by atoms with E-state index in [-0.39, 0.29) is 31.9 Å². The molecule has 1 aliphatic heterocycles. The zero-order valence-corrected chi connectivity index (χ0v) is 11.3. The summed E-state index contributed by atoms with van der Waals surface area (Å²) in [5.74, 6) is -0.493. The molecule has 1 saturated heterocycles. The highest BCUT2D eigenvalue weighted by molar-refractivity contribution is 5.85. The summed E-state index contributed by atoms with van der Waals surface area (Å²) in [5.41, 5.74) is 2.53. The molecular formula is C10H18ClF3N2O3. The number of amides is 1. The Bertz CT molecular complexity index is 313. The molecule has 5 nitrogen and oxygen atoms in total. The lowest BCUT2D eigenvalue weighted by atomic mass is 10.0. The van der Waals surface area contributed by atoms with Gasteiger partial charge in [0.2, 0.25) is 5.91 Å². The molecule has 2 unspecified atom stereocenters. The number of carbonyl (C=O) groups is 1. The lowest BCUT2D eigenvalue weighted by Gasteiger charge is -2.26. The van der Waals surface area contributed by atoms with Gasteiger partial charge in [-0.2, -0.15) is 13.2 Å². The topological polar surface area (TPSA) is 75.8 Å². The number of alkyl halides is 3. The molecule has 0 bridgehead atoms. The van der Waals surface area contributed by atoms with Crippen molar-refractivity contribution in [1.82, 2.24) is 4.90 Å². The SMILES string of the molecule is COC(CN)CC(=O)N1CCC(O)(C(F)(F)F)C1.Cl. The molecule has 0 aliphatic carbocycles. The summed E-state index contributed by atoms with van der Waals surface area (Å²) in [6.07, 6.45) is -5.82. The minimum absolute atomic E-state index is 0. The van der Waals surface area contributed by atoms with Crippen LogP contribution >= 0.6 is 12.4 Å². The van der Waals surface area contributed by atoms with Crippen LogP contribution in [-0.4, -0.2) is 60.5 Å². The number of ether oxygens (including phenoxy) is 1. The van der Waals surface area contributed by atoms with E-state index in [1.165, 1.54) is 7.11 Å². The van der Waals surface area contributed by atoms with Crippen molar-refractivity contribution in [3.63, 3.8) is 0 Å². The van der Waals surface area contributed by atoms with Gasteiger partial charge in [0.25, 0.3) is 0 Å². The van der Waals surface area contributed by atoms with E-state index < -0.39 is 36.8 Å². The first-order valence-electron chi connectivity index (χ1n) is 5.53. The van der Waals surface area contributed by atoms with E-state index in [1.54, 1.807) is 0 Å². The first-order chi connectivity index (χ1) is 8.23. The summed E-state index contributed by atoms with van der Waals surface area (Å²) in [6.45, 7) is -0.730. The van der Waals surface area contributed by atoms with Crippen LogP contribution in [0.2, 0.25) is 0 Å². The monoisotopic (exact) mass is 306 g/mol. The van der Waals surface area contributed by atoms with E-state index in [0.717, 1.165) is 4.90 Å². The van der Waals surface area contributed by atoms with Crippen LogP contribution in [0.5, 0.6) is 0 Å². The minimum atomic E-state index is -4.73. The number of β-amino-alcohol motifs (C(OH)–C–C–N with tert-alkyl or cyclic N) is 1. The van der Waals surface area contributed by atoms with E-state index >= 15 is 0 Å². The molecule has 0 aromatic carbocycles. The number of rotatable bonds is 4. The van der Waals surface area contributed by atoms with E-state index in [1.807, 2.05) is 0 Å². The van der Waals surface area contributed by atoms with Crippen LogP contribution in [0.1, 0.15) is 12.8 Å². The lowest BCUT2D eigenvalue weighted by molar-refractivity contribution is -0.253. The summed E-state index contributed by atoms with van der Waals surface area (Å²) in [7, 11) is 1.38. The van der Waals surface area contributed by atoms with Crippen molar-refractivity contribution in [2.75, 3.05) is 26.7 Å². The Kier molecular flexibility index (Phi) is 6.53. The number of methoxy groups -OCH3 is 1. The summed E-state index contributed by atoms with van der Waals surface area (Å²) in [4.78, 5) is 12.7. The second kappa shape index (κ2) is 6.74. The molecule has 0 aromatic heterocycles. The van der Waals surface area contributed by atoms with Crippen LogP contribution in [0.15, 0.2) is 0 Å². The third kappa shape index (κ3) is 4.20. The second-order valence-corrected chi connectivity index (χ2v) is 4.39.